The van der Waals surface area contributed by atoms with E-state index in [0.717, 1.165) is 12.0 Å². The van der Waals surface area contributed by atoms with Crippen molar-refractivity contribution < 1.29 is 4.79 Å². The molecule has 0 fully saturated rings. The van der Waals surface area contributed by atoms with Crippen molar-refractivity contribution >= 4 is 5.78 Å². The first-order valence-corrected chi connectivity index (χ1v) is 5.47. The average molecular weight is 214 g/mol. The summed E-state index contributed by atoms with van der Waals surface area (Å²) in [6.07, 6.45) is 2.61. The molecule has 0 amide bonds. The number of nitrogens with zero attached hydrogens (tertiary/aromatic N) is 2. The van der Waals surface area contributed by atoms with Gasteiger partial charge in [0.25, 0.3) is 0 Å². The molecule has 1 aliphatic carbocycles. The van der Waals surface area contributed by atoms with Crippen molar-refractivity contribution in [3.63, 3.8) is 0 Å². The van der Waals surface area contributed by atoms with E-state index >= 15 is 0 Å². The molecule has 0 aromatic carbocycles. The molecule has 0 saturated carbocycles. The maximum atomic E-state index is 12.2. The molecular weight excluding hydrogens is 200 g/mol. The Morgan fingerprint density at radius 3 is 2.81 bits per heavy atom. The van der Waals surface area contributed by atoms with Crippen LogP contribution in [-0.4, -0.2) is 10.8 Å². The van der Waals surface area contributed by atoms with E-state index in [2.05, 4.69) is 11.9 Å². The number of carbonyl (C=O) groups excluding carboxylic acids is 1. The Hall–Kier alpha value is -1.69. The molecule has 1 unspecified atom stereocenters. The molecule has 3 heteroatoms. The van der Waals surface area contributed by atoms with Crippen LogP contribution in [0.1, 0.15) is 54.7 Å². The molecule has 0 bridgehead atoms. The van der Waals surface area contributed by atoms with Gasteiger partial charge in [0, 0.05) is 17.2 Å². The summed E-state index contributed by atoms with van der Waals surface area (Å²) in [6.45, 7) is 6.01. The van der Waals surface area contributed by atoms with Crippen LogP contribution in [0.15, 0.2) is 12.3 Å². The molecule has 2 rings (SSSR count). The third-order valence-electron chi connectivity index (χ3n) is 3.53. The average Bonchev–Trinajstić information content (AvgIpc) is 2.47. The van der Waals surface area contributed by atoms with Crippen LogP contribution in [0, 0.1) is 16.7 Å². The second-order valence-electron chi connectivity index (χ2n) is 4.78. The molecular formula is C13H14N2O. The number of pyridine rings is 1. The highest BCUT2D eigenvalue weighted by molar-refractivity contribution is 6.05. The van der Waals surface area contributed by atoms with Crippen molar-refractivity contribution in [1.29, 1.82) is 5.26 Å². The van der Waals surface area contributed by atoms with Gasteiger partial charge < -0.3 is 0 Å². The molecule has 0 aliphatic heterocycles. The summed E-state index contributed by atoms with van der Waals surface area (Å²) in [5.41, 5.74) is 1.63. The van der Waals surface area contributed by atoms with Gasteiger partial charge in [-0.1, -0.05) is 20.8 Å². The van der Waals surface area contributed by atoms with Crippen molar-refractivity contribution in [3.05, 3.63) is 29.1 Å². The van der Waals surface area contributed by atoms with Crippen LogP contribution in [0.25, 0.3) is 0 Å². The fourth-order valence-corrected chi connectivity index (χ4v) is 2.63. The van der Waals surface area contributed by atoms with Crippen molar-refractivity contribution in [2.45, 2.75) is 33.1 Å². The lowest BCUT2D eigenvalue weighted by molar-refractivity contribution is 0.0832. The highest BCUT2D eigenvalue weighted by atomic mass is 16.1. The van der Waals surface area contributed by atoms with Gasteiger partial charge in [0.05, 0.1) is 0 Å². The lowest BCUT2D eigenvalue weighted by Crippen LogP contribution is -2.23. The van der Waals surface area contributed by atoms with Gasteiger partial charge in [0.15, 0.2) is 5.78 Å². The third-order valence-corrected chi connectivity index (χ3v) is 3.53. The number of nitriles is 1. The minimum atomic E-state index is -0.368. The Labute approximate surface area is 95.1 Å². The van der Waals surface area contributed by atoms with Gasteiger partial charge in [-0.05, 0) is 24.0 Å². The number of hydrogen-bond donors (Lipinski definition) is 0. The summed E-state index contributed by atoms with van der Waals surface area (Å²) in [5, 5.41) is 8.78. The topological polar surface area (TPSA) is 53.8 Å². The lowest BCUT2D eigenvalue weighted by atomic mass is 9.78. The quantitative estimate of drug-likeness (QED) is 0.722. The number of Topliss-reactive ketones (excluding diaryl/α,β-unsaturated/α-hetero) is 1. The zero-order chi connectivity index (χ0) is 11.9. The second kappa shape index (κ2) is 3.41. The Balaban J connectivity index is 2.63. The van der Waals surface area contributed by atoms with E-state index in [9.17, 15) is 4.79 Å². The van der Waals surface area contributed by atoms with Gasteiger partial charge in [-0.2, -0.15) is 5.26 Å². The molecule has 1 heterocycles. The minimum absolute atomic E-state index is 0.133. The molecule has 82 valence electrons. The van der Waals surface area contributed by atoms with Gasteiger partial charge in [-0.25, -0.2) is 4.98 Å². The minimum Gasteiger partial charge on any atom is -0.294 e. The highest BCUT2D eigenvalue weighted by Gasteiger charge is 2.45. The maximum Gasteiger partial charge on any atom is 0.169 e. The number of ketones is 1. The van der Waals surface area contributed by atoms with Crippen LogP contribution in [-0.2, 0) is 0 Å². The van der Waals surface area contributed by atoms with Gasteiger partial charge in [-0.3, -0.25) is 4.79 Å². The van der Waals surface area contributed by atoms with Crippen LogP contribution < -0.4 is 0 Å². The van der Waals surface area contributed by atoms with Crippen LogP contribution in [0.2, 0.25) is 0 Å². The zero-order valence-electron chi connectivity index (χ0n) is 9.74. The number of carbonyl (C=O) groups is 1. The smallest absolute Gasteiger partial charge is 0.169 e. The van der Waals surface area contributed by atoms with E-state index < -0.39 is 0 Å². The number of fused-ring (bicyclic) bond motifs is 1. The van der Waals surface area contributed by atoms with E-state index in [-0.39, 0.29) is 17.1 Å². The Kier molecular flexibility index (Phi) is 2.31. The van der Waals surface area contributed by atoms with Crippen molar-refractivity contribution in [2.24, 2.45) is 5.41 Å². The van der Waals surface area contributed by atoms with Crippen molar-refractivity contribution in [2.75, 3.05) is 0 Å². The molecule has 0 saturated heterocycles. The predicted octanol–water partition coefficient (Wildman–Crippen LogP) is 2.67. The zero-order valence-corrected chi connectivity index (χ0v) is 9.74. The molecule has 0 spiro atoms. The second-order valence-corrected chi connectivity index (χ2v) is 4.78. The fraction of sp³-hybridized carbons (Fsp3) is 0.462. The summed E-state index contributed by atoms with van der Waals surface area (Å²) in [5.74, 6) is 0.350. The van der Waals surface area contributed by atoms with Gasteiger partial charge in [0.2, 0.25) is 0 Å². The standard InChI is InChI=1S/C13H14N2O/c1-4-11-10-7-15-8(6-14)5-9(10)12(16)13(11,2)3/h5,7,11H,4H2,1-3H3. The normalized spacial score (nSPS) is 21.6. The third kappa shape index (κ3) is 1.26. The highest BCUT2D eigenvalue weighted by Crippen LogP contribution is 2.48. The molecule has 3 nitrogen and oxygen atoms in total. The molecule has 1 aliphatic rings. The fourth-order valence-electron chi connectivity index (χ4n) is 2.63. The lowest BCUT2D eigenvalue weighted by Gasteiger charge is -2.24. The van der Waals surface area contributed by atoms with Crippen molar-refractivity contribution in [1.82, 2.24) is 4.98 Å². The van der Waals surface area contributed by atoms with Crippen molar-refractivity contribution in [3.8, 4) is 6.07 Å². The van der Waals surface area contributed by atoms with Crippen LogP contribution >= 0.6 is 0 Å². The summed E-state index contributed by atoms with van der Waals surface area (Å²) in [6, 6.07) is 3.59. The summed E-state index contributed by atoms with van der Waals surface area (Å²) in [4.78, 5) is 16.3. The van der Waals surface area contributed by atoms with Gasteiger partial charge >= 0.3 is 0 Å². The number of hydrogen-bond acceptors (Lipinski definition) is 3. The predicted molar refractivity (Wildman–Crippen MR) is 60.1 cm³/mol. The summed E-state index contributed by atoms with van der Waals surface area (Å²) < 4.78 is 0. The monoisotopic (exact) mass is 214 g/mol. The van der Waals surface area contributed by atoms with Crippen LogP contribution in [0.5, 0.6) is 0 Å². The molecule has 1 atom stereocenters. The van der Waals surface area contributed by atoms with Crippen LogP contribution in [0.3, 0.4) is 0 Å². The summed E-state index contributed by atoms with van der Waals surface area (Å²) >= 11 is 0. The van der Waals surface area contributed by atoms with Crippen LogP contribution in [0.4, 0.5) is 0 Å². The first-order chi connectivity index (χ1) is 7.52. The van der Waals surface area contributed by atoms with E-state index in [1.54, 1.807) is 12.3 Å². The van der Waals surface area contributed by atoms with E-state index in [4.69, 9.17) is 5.26 Å². The maximum absolute atomic E-state index is 12.2. The SMILES string of the molecule is CCC1c2cnc(C#N)cc2C(=O)C1(C)C. The van der Waals surface area contributed by atoms with E-state index in [1.807, 2.05) is 19.9 Å². The largest absolute Gasteiger partial charge is 0.294 e. The molecule has 16 heavy (non-hydrogen) atoms. The molecule has 0 N–H and O–H groups in total. The Morgan fingerprint density at radius 2 is 2.25 bits per heavy atom. The molecule has 1 aromatic heterocycles. The van der Waals surface area contributed by atoms with E-state index in [0.29, 0.717) is 11.3 Å². The van der Waals surface area contributed by atoms with Gasteiger partial charge in [-0.15, -0.1) is 0 Å². The number of rotatable bonds is 1. The Bertz CT molecular complexity index is 497. The first-order valence-electron chi connectivity index (χ1n) is 5.47. The number of aromatic nitrogens is 1. The Morgan fingerprint density at radius 1 is 1.56 bits per heavy atom. The molecule has 1 aromatic rings. The van der Waals surface area contributed by atoms with Gasteiger partial charge in [0.1, 0.15) is 11.8 Å². The summed E-state index contributed by atoms with van der Waals surface area (Å²) in [7, 11) is 0. The first kappa shape index (κ1) is 10.8. The molecule has 0 radical (unpaired) electrons. The van der Waals surface area contributed by atoms with E-state index in [1.165, 1.54) is 0 Å².